The molecule has 2 aromatic carbocycles. The minimum atomic E-state index is -1.93. The van der Waals surface area contributed by atoms with Crippen LogP contribution < -0.4 is 4.74 Å². The zero-order chi connectivity index (χ0) is 29.1. The third-order valence-corrected chi connectivity index (χ3v) is 9.05. The number of ether oxygens (including phenoxy) is 3. The SMILES string of the molecule is CN1CC[C@]23c4c5ccc(CO)c4O[C@H]2C(OC(=O)[C@@H](O)CC(=O)O[C@H](C(=O)O)c2ccccc2)=CC[C@@]3(O)[C@H]1C5. The van der Waals surface area contributed by atoms with E-state index in [2.05, 4.69) is 4.90 Å². The Hall–Kier alpha value is -3.77. The van der Waals surface area contributed by atoms with Gasteiger partial charge in [0.2, 0.25) is 6.10 Å². The van der Waals surface area contributed by atoms with Crippen molar-refractivity contribution in [3.8, 4) is 5.75 Å². The fourth-order valence-electron chi connectivity index (χ4n) is 7.13. The first-order chi connectivity index (χ1) is 19.6. The van der Waals surface area contributed by atoms with Gasteiger partial charge in [0.25, 0.3) is 0 Å². The summed E-state index contributed by atoms with van der Waals surface area (Å²) in [6.07, 6.45) is -2.39. The number of nitrogens with zero attached hydrogens (tertiary/aromatic N) is 1. The lowest BCUT2D eigenvalue weighted by molar-refractivity contribution is -0.174. The lowest BCUT2D eigenvalue weighted by atomic mass is 9.50. The van der Waals surface area contributed by atoms with Crippen LogP contribution in [0.25, 0.3) is 0 Å². The molecule has 0 amide bonds. The Morgan fingerprint density at radius 3 is 2.63 bits per heavy atom. The monoisotopic (exact) mass is 565 g/mol. The summed E-state index contributed by atoms with van der Waals surface area (Å²) in [5.74, 6) is -3.04. The van der Waals surface area contributed by atoms with Gasteiger partial charge in [-0.3, -0.25) is 4.79 Å². The minimum absolute atomic E-state index is 0.107. The normalized spacial score (nSPS) is 28.9. The van der Waals surface area contributed by atoms with Crippen LogP contribution in [-0.4, -0.2) is 80.7 Å². The molecule has 6 rings (SSSR count). The highest BCUT2D eigenvalue weighted by molar-refractivity contribution is 5.84. The predicted octanol–water partition coefficient (Wildman–Crippen LogP) is 1.12. The summed E-state index contributed by atoms with van der Waals surface area (Å²) in [5.41, 5.74) is 0.463. The second kappa shape index (κ2) is 9.95. The average molecular weight is 566 g/mol. The van der Waals surface area contributed by atoms with Crippen molar-refractivity contribution >= 4 is 17.9 Å². The third-order valence-electron chi connectivity index (χ3n) is 9.05. The topological polar surface area (TPSA) is 163 Å². The van der Waals surface area contributed by atoms with Crippen LogP contribution in [0.5, 0.6) is 5.75 Å². The van der Waals surface area contributed by atoms with Crippen molar-refractivity contribution in [3.05, 3.63) is 76.6 Å². The van der Waals surface area contributed by atoms with Gasteiger partial charge in [-0.1, -0.05) is 42.5 Å². The number of carboxylic acid groups (broad SMARTS) is 1. The van der Waals surface area contributed by atoms with Crippen LogP contribution in [0.1, 0.15) is 47.6 Å². The highest BCUT2D eigenvalue weighted by atomic mass is 16.6. The number of hydrogen-bond donors (Lipinski definition) is 4. The molecule has 216 valence electrons. The first kappa shape index (κ1) is 27.4. The van der Waals surface area contributed by atoms with E-state index in [1.54, 1.807) is 30.3 Å². The standard InChI is InChI=1S/C30H31NO10/c1-31-12-11-29-23-17-7-8-18(15-32)24(23)41-26(29)20(9-10-30(29,38)21(31)13-17)39-28(37)19(33)14-22(34)40-25(27(35)36)16-5-3-2-4-6-16/h2-9,19,21,25-26,32-33,38H,10-15H2,1H3,(H,35,36)/t19-,21+,25-,26-,29-,30+/m0/s1. The van der Waals surface area contributed by atoms with Crippen molar-refractivity contribution < 1.29 is 49.0 Å². The van der Waals surface area contributed by atoms with E-state index < -0.39 is 53.7 Å². The maximum Gasteiger partial charge on any atom is 0.349 e. The molecule has 2 heterocycles. The molecular weight excluding hydrogens is 534 g/mol. The van der Waals surface area contributed by atoms with E-state index in [-0.39, 0.29) is 30.4 Å². The first-order valence-corrected chi connectivity index (χ1v) is 13.5. The van der Waals surface area contributed by atoms with Gasteiger partial charge in [0, 0.05) is 29.2 Å². The predicted molar refractivity (Wildman–Crippen MR) is 140 cm³/mol. The lowest BCUT2D eigenvalue weighted by Gasteiger charge is -2.61. The summed E-state index contributed by atoms with van der Waals surface area (Å²) < 4.78 is 17.0. The molecular formula is C30H31NO10. The molecule has 2 aromatic rings. The lowest BCUT2D eigenvalue weighted by Crippen LogP contribution is -2.74. The van der Waals surface area contributed by atoms with Gasteiger partial charge in [0.05, 0.1) is 24.0 Å². The molecule has 2 aliphatic carbocycles. The van der Waals surface area contributed by atoms with E-state index in [0.717, 1.165) is 11.1 Å². The Bertz CT molecular complexity index is 1440. The van der Waals surface area contributed by atoms with Crippen LogP contribution in [0.2, 0.25) is 0 Å². The number of esters is 2. The number of rotatable bonds is 8. The van der Waals surface area contributed by atoms with Crippen molar-refractivity contribution in [2.24, 2.45) is 0 Å². The number of likely N-dealkylation sites (N-methyl/N-ethyl adjacent to an activating group) is 1. The Morgan fingerprint density at radius 2 is 1.93 bits per heavy atom. The van der Waals surface area contributed by atoms with Crippen molar-refractivity contribution in [2.45, 2.75) is 67.7 Å². The number of aliphatic carboxylic acids is 1. The van der Waals surface area contributed by atoms with Gasteiger partial charge in [0.1, 0.15) is 11.5 Å². The number of aliphatic hydroxyl groups is 3. The Labute approximate surface area is 235 Å². The van der Waals surface area contributed by atoms with Crippen molar-refractivity contribution in [3.63, 3.8) is 0 Å². The van der Waals surface area contributed by atoms with Crippen LogP contribution in [-0.2, 0) is 42.3 Å². The van der Waals surface area contributed by atoms with Gasteiger partial charge in [0.15, 0.2) is 12.2 Å². The maximum absolute atomic E-state index is 13.0. The molecule has 1 saturated heterocycles. The van der Waals surface area contributed by atoms with Crippen molar-refractivity contribution in [2.75, 3.05) is 13.6 Å². The molecule has 6 atom stereocenters. The van der Waals surface area contributed by atoms with Crippen LogP contribution in [0, 0.1) is 0 Å². The highest BCUT2D eigenvalue weighted by Crippen LogP contribution is 2.64. The van der Waals surface area contributed by atoms with E-state index in [1.807, 2.05) is 13.1 Å². The average Bonchev–Trinajstić information content (AvgIpc) is 3.31. The van der Waals surface area contributed by atoms with E-state index in [4.69, 9.17) is 14.2 Å². The van der Waals surface area contributed by atoms with Gasteiger partial charge in [-0.05, 0) is 38.1 Å². The number of carbonyl (C=O) groups is 3. The molecule has 0 saturated carbocycles. The van der Waals surface area contributed by atoms with Gasteiger partial charge in [-0.25, -0.2) is 9.59 Å². The molecule has 11 nitrogen and oxygen atoms in total. The van der Waals surface area contributed by atoms with Gasteiger partial charge < -0.3 is 39.5 Å². The molecule has 2 bridgehead atoms. The number of piperidine rings is 1. The summed E-state index contributed by atoms with van der Waals surface area (Å²) in [6, 6.07) is 11.4. The second-order valence-electron chi connectivity index (χ2n) is 11.2. The molecule has 0 unspecified atom stereocenters. The zero-order valence-corrected chi connectivity index (χ0v) is 22.4. The third kappa shape index (κ3) is 4.06. The Morgan fingerprint density at radius 1 is 1.17 bits per heavy atom. The Balaban J connectivity index is 1.23. The van der Waals surface area contributed by atoms with Crippen molar-refractivity contribution in [1.82, 2.24) is 4.90 Å². The van der Waals surface area contributed by atoms with Crippen LogP contribution in [0.4, 0.5) is 0 Å². The largest absolute Gasteiger partial charge is 0.481 e. The molecule has 1 spiro atoms. The molecule has 2 aliphatic heterocycles. The number of carbonyl (C=O) groups excluding carboxylic acids is 2. The highest BCUT2D eigenvalue weighted by Gasteiger charge is 2.71. The smallest absolute Gasteiger partial charge is 0.349 e. The van der Waals surface area contributed by atoms with Crippen LogP contribution in [0.3, 0.4) is 0 Å². The van der Waals surface area contributed by atoms with E-state index in [1.165, 1.54) is 12.1 Å². The minimum Gasteiger partial charge on any atom is -0.481 e. The van der Waals surface area contributed by atoms with Gasteiger partial charge in [-0.15, -0.1) is 0 Å². The maximum atomic E-state index is 13.0. The van der Waals surface area contributed by atoms with E-state index in [0.29, 0.717) is 30.7 Å². The molecule has 1 fully saturated rings. The quantitative estimate of drug-likeness (QED) is 0.339. The van der Waals surface area contributed by atoms with Gasteiger partial charge in [-0.2, -0.15) is 0 Å². The van der Waals surface area contributed by atoms with Crippen LogP contribution in [0.15, 0.2) is 54.3 Å². The summed E-state index contributed by atoms with van der Waals surface area (Å²) in [7, 11) is 1.97. The van der Waals surface area contributed by atoms with E-state index >= 15 is 0 Å². The molecule has 11 heteroatoms. The number of carboxylic acids is 1. The number of benzene rings is 2. The fraction of sp³-hybridized carbons (Fsp3) is 0.433. The summed E-state index contributed by atoms with van der Waals surface area (Å²) in [5, 5.41) is 42.3. The number of hydrogen-bond acceptors (Lipinski definition) is 10. The fourth-order valence-corrected chi connectivity index (χ4v) is 7.13. The summed E-state index contributed by atoms with van der Waals surface area (Å²) in [6.45, 7) is 0.393. The molecule has 0 radical (unpaired) electrons. The molecule has 41 heavy (non-hydrogen) atoms. The number of likely N-dealkylation sites (tertiary alicyclic amines) is 1. The second-order valence-corrected chi connectivity index (χ2v) is 11.2. The molecule has 0 aromatic heterocycles. The molecule has 4 aliphatic rings. The zero-order valence-electron chi connectivity index (χ0n) is 22.4. The van der Waals surface area contributed by atoms with E-state index in [9.17, 15) is 34.8 Å². The van der Waals surface area contributed by atoms with Gasteiger partial charge >= 0.3 is 17.9 Å². The molecule has 4 N–H and O–H groups in total. The summed E-state index contributed by atoms with van der Waals surface area (Å²) in [4.78, 5) is 39.3. The Kier molecular flexibility index (Phi) is 6.65. The summed E-state index contributed by atoms with van der Waals surface area (Å²) >= 11 is 0. The van der Waals surface area contributed by atoms with Crippen LogP contribution >= 0.6 is 0 Å². The first-order valence-electron chi connectivity index (χ1n) is 13.5. The van der Waals surface area contributed by atoms with Crippen molar-refractivity contribution in [1.29, 1.82) is 0 Å². The number of aliphatic hydroxyl groups excluding tert-OH is 2.